The largest absolute Gasteiger partial charge is 0.346 e. The smallest absolute Gasteiger partial charge is 0.243 e. The van der Waals surface area contributed by atoms with Gasteiger partial charge in [0.25, 0.3) is 0 Å². The summed E-state index contributed by atoms with van der Waals surface area (Å²) in [5, 5.41) is 10.6. The highest BCUT2D eigenvalue weighted by Crippen LogP contribution is 2.43. The molecule has 3 aromatic heterocycles. The number of fused-ring (bicyclic) bond motifs is 3. The second-order valence-corrected chi connectivity index (χ2v) is 7.48. The van der Waals surface area contributed by atoms with Crippen LogP contribution in [0.4, 0.5) is 0 Å². The number of H-pyrrole nitrogens is 1. The van der Waals surface area contributed by atoms with Gasteiger partial charge in [-0.25, -0.2) is 9.97 Å². The monoisotopic (exact) mass is 348 g/mol. The number of aromatic nitrogens is 4. The van der Waals surface area contributed by atoms with Gasteiger partial charge < -0.3 is 14.5 Å². The number of hydrogen-bond acceptors (Lipinski definition) is 4. The van der Waals surface area contributed by atoms with Crippen LogP contribution in [0.3, 0.4) is 0 Å². The Labute approximate surface area is 150 Å². The zero-order valence-corrected chi connectivity index (χ0v) is 14.5. The Kier molecular flexibility index (Phi) is 3.29. The molecule has 1 amide bonds. The molecule has 0 spiro atoms. The molecule has 2 aliphatic rings. The number of hydrogen-bond donors (Lipinski definition) is 1. The first-order valence-corrected chi connectivity index (χ1v) is 9.21. The van der Waals surface area contributed by atoms with Crippen LogP contribution in [-0.2, 0) is 4.79 Å². The molecule has 1 saturated carbocycles. The molecule has 1 aliphatic carbocycles. The molecule has 132 valence electrons. The van der Waals surface area contributed by atoms with Crippen molar-refractivity contribution in [3.63, 3.8) is 0 Å². The number of imidazole rings is 1. The van der Waals surface area contributed by atoms with Gasteiger partial charge in [-0.1, -0.05) is 0 Å². The van der Waals surface area contributed by atoms with E-state index in [2.05, 4.69) is 25.6 Å². The highest BCUT2D eigenvalue weighted by atomic mass is 16.2. The number of rotatable bonds is 2. The average molecular weight is 348 g/mol. The molecule has 1 N–H and O–H groups in total. The average Bonchev–Trinajstić information content (AvgIpc) is 3.27. The van der Waals surface area contributed by atoms with Crippen molar-refractivity contribution in [3.8, 4) is 6.07 Å². The topological polar surface area (TPSA) is 90.6 Å². The van der Waals surface area contributed by atoms with Crippen LogP contribution in [-0.4, -0.2) is 43.4 Å². The number of carbonyl (C=O) groups excluding carboxylic acids is 1. The van der Waals surface area contributed by atoms with Gasteiger partial charge in [-0.15, -0.1) is 0 Å². The van der Waals surface area contributed by atoms with E-state index in [0.717, 1.165) is 47.9 Å². The molecule has 7 nitrogen and oxygen atoms in total. The summed E-state index contributed by atoms with van der Waals surface area (Å²) in [5.41, 5.74) is 2.01. The molecule has 7 heteroatoms. The van der Waals surface area contributed by atoms with Crippen LogP contribution in [0.25, 0.3) is 22.1 Å². The Morgan fingerprint density at radius 1 is 1.35 bits per heavy atom. The molecule has 1 atom stereocenters. The number of amides is 1. The zero-order valence-electron chi connectivity index (χ0n) is 14.5. The van der Waals surface area contributed by atoms with E-state index < -0.39 is 5.41 Å². The minimum atomic E-state index is -0.767. The summed E-state index contributed by atoms with van der Waals surface area (Å²) >= 11 is 0. The second-order valence-electron chi connectivity index (χ2n) is 7.48. The van der Waals surface area contributed by atoms with Crippen molar-refractivity contribution < 1.29 is 4.79 Å². The lowest BCUT2D eigenvalue weighted by Gasteiger charge is -2.41. The summed E-state index contributed by atoms with van der Waals surface area (Å²) < 4.78 is 2.19. The van der Waals surface area contributed by atoms with E-state index in [4.69, 9.17) is 0 Å². The summed E-state index contributed by atoms with van der Waals surface area (Å²) in [5.74, 6) is 0.0221. The summed E-state index contributed by atoms with van der Waals surface area (Å²) in [6, 6.07) is 4.49. The SMILES string of the molecule is N#CC1(C(=O)N2CCC[C@@H](n3cnc4cnc5[nH]ccc5c43)C2)CCC1. The van der Waals surface area contributed by atoms with Crippen molar-refractivity contribution in [2.24, 2.45) is 5.41 Å². The van der Waals surface area contributed by atoms with E-state index in [1.54, 1.807) is 6.20 Å². The Bertz CT molecular complexity index is 1040. The van der Waals surface area contributed by atoms with Crippen LogP contribution in [0, 0.1) is 16.7 Å². The number of nitrogens with zero attached hydrogens (tertiary/aromatic N) is 5. The molecule has 26 heavy (non-hydrogen) atoms. The predicted octanol–water partition coefficient (Wildman–Crippen LogP) is 2.77. The van der Waals surface area contributed by atoms with Gasteiger partial charge in [-0.05, 0) is 38.2 Å². The first-order valence-electron chi connectivity index (χ1n) is 9.21. The molecule has 0 bridgehead atoms. The van der Waals surface area contributed by atoms with Crippen LogP contribution < -0.4 is 0 Å². The van der Waals surface area contributed by atoms with E-state index >= 15 is 0 Å². The fraction of sp³-hybridized carbons (Fsp3) is 0.474. The first-order chi connectivity index (χ1) is 12.7. The lowest BCUT2D eigenvalue weighted by Crippen LogP contribution is -2.50. The second kappa shape index (κ2) is 5.56. The number of piperidine rings is 1. The van der Waals surface area contributed by atoms with E-state index in [9.17, 15) is 10.1 Å². The van der Waals surface area contributed by atoms with E-state index in [1.807, 2.05) is 23.5 Å². The lowest BCUT2D eigenvalue weighted by atomic mass is 9.69. The molecule has 0 radical (unpaired) electrons. The van der Waals surface area contributed by atoms with E-state index in [0.29, 0.717) is 19.4 Å². The number of aromatic amines is 1. The first kappa shape index (κ1) is 15.4. The molecule has 4 heterocycles. The molecular weight excluding hydrogens is 328 g/mol. The number of nitrogens with one attached hydrogen (secondary N) is 1. The molecule has 3 aromatic rings. The van der Waals surface area contributed by atoms with Gasteiger partial charge in [0.1, 0.15) is 16.6 Å². The van der Waals surface area contributed by atoms with Crippen molar-refractivity contribution in [1.82, 2.24) is 24.4 Å². The third-order valence-electron chi connectivity index (χ3n) is 6.03. The van der Waals surface area contributed by atoms with Gasteiger partial charge in [0.2, 0.25) is 5.91 Å². The Hall–Kier alpha value is -2.88. The van der Waals surface area contributed by atoms with Gasteiger partial charge in [0, 0.05) is 24.7 Å². The number of nitriles is 1. The third-order valence-corrected chi connectivity index (χ3v) is 6.03. The summed E-state index contributed by atoms with van der Waals surface area (Å²) in [6.07, 6.45) is 9.86. The molecule has 2 fully saturated rings. The van der Waals surface area contributed by atoms with Crippen molar-refractivity contribution >= 4 is 28.0 Å². The van der Waals surface area contributed by atoms with Crippen LogP contribution in [0.2, 0.25) is 0 Å². The van der Waals surface area contributed by atoms with Gasteiger partial charge in [0.15, 0.2) is 0 Å². The van der Waals surface area contributed by atoms with Crippen LogP contribution >= 0.6 is 0 Å². The summed E-state index contributed by atoms with van der Waals surface area (Å²) in [7, 11) is 0. The zero-order chi connectivity index (χ0) is 17.7. The van der Waals surface area contributed by atoms with Crippen molar-refractivity contribution in [1.29, 1.82) is 5.26 Å². The van der Waals surface area contributed by atoms with Gasteiger partial charge in [0.05, 0.1) is 30.2 Å². The Morgan fingerprint density at radius 2 is 2.23 bits per heavy atom. The van der Waals surface area contributed by atoms with Crippen LogP contribution in [0.15, 0.2) is 24.8 Å². The predicted molar refractivity (Wildman–Crippen MR) is 96.1 cm³/mol. The van der Waals surface area contributed by atoms with E-state index in [-0.39, 0.29) is 11.9 Å². The normalized spacial score (nSPS) is 22.3. The van der Waals surface area contributed by atoms with Crippen LogP contribution in [0.5, 0.6) is 0 Å². The molecule has 0 unspecified atom stereocenters. The van der Waals surface area contributed by atoms with Gasteiger partial charge in [-0.3, -0.25) is 4.79 Å². The van der Waals surface area contributed by atoms with Crippen molar-refractivity contribution in [3.05, 3.63) is 24.8 Å². The maximum Gasteiger partial charge on any atom is 0.243 e. The van der Waals surface area contributed by atoms with Gasteiger partial charge >= 0.3 is 0 Å². The number of pyridine rings is 1. The van der Waals surface area contributed by atoms with E-state index in [1.165, 1.54) is 0 Å². The standard InChI is InChI=1S/C19H20N6O/c20-11-19(5-2-6-19)18(26)24-8-1-3-13(10-24)25-12-23-15-9-22-17-14(16(15)25)4-7-21-17/h4,7,9,12-13H,1-3,5-6,8,10H2,(H,21,22)/t13-/m1/s1. The third kappa shape index (κ3) is 2.08. The minimum absolute atomic E-state index is 0.0221. The number of likely N-dealkylation sites (tertiary alicyclic amines) is 1. The quantitative estimate of drug-likeness (QED) is 0.771. The van der Waals surface area contributed by atoms with Crippen molar-refractivity contribution in [2.75, 3.05) is 13.1 Å². The summed E-state index contributed by atoms with van der Waals surface area (Å²) in [4.78, 5) is 26.9. The van der Waals surface area contributed by atoms with Crippen molar-refractivity contribution in [2.45, 2.75) is 38.1 Å². The Morgan fingerprint density at radius 3 is 3.00 bits per heavy atom. The Balaban J connectivity index is 1.49. The summed E-state index contributed by atoms with van der Waals surface area (Å²) in [6.45, 7) is 1.38. The maximum absolute atomic E-state index is 12.9. The lowest BCUT2D eigenvalue weighted by molar-refractivity contribution is -0.144. The molecule has 0 aromatic carbocycles. The molecule has 1 aliphatic heterocycles. The fourth-order valence-corrected chi connectivity index (χ4v) is 4.38. The maximum atomic E-state index is 12.9. The van der Waals surface area contributed by atoms with Crippen LogP contribution in [0.1, 0.15) is 38.1 Å². The molecule has 5 rings (SSSR count). The highest BCUT2D eigenvalue weighted by Gasteiger charge is 2.47. The highest BCUT2D eigenvalue weighted by molar-refractivity contribution is 6.01. The van der Waals surface area contributed by atoms with Gasteiger partial charge in [-0.2, -0.15) is 5.26 Å². The minimum Gasteiger partial charge on any atom is -0.346 e. The number of carbonyl (C=O) groups is 1. The molecule has 1 saturated heterocycles. The molecular formula is C19H20N6O. The fourth-order valence-electron chi connectivity index (χ4n) is 4.38.